The van der Waals surface area contributed by atoms with Crippen molar-refractivity contribution in [2.45, 2.75) is 38.0 Å². The van der Waals surface area contributed by atoms with E-state index in [2.05, 4.69) is 48.3 Å². The SMILES string of the molecule is CNC(=O)NCC1CCN(Cc2cc(Oc3cnc(N4CCN(CCC(C)S(C)=O)CC4)nc3)nc(-c3cccc(Cl)c3)c2)CC1. The molecule has 2 amide bonds. The maximum absolute atomic E-state index is 11.7. The number of nitrogens with one attached hydrogen (secondary N) is 2. The van der Waals surface area contributed by atoms with E-state index in [0.29, 0.717) is 35.1 Å². The van der Waals surface area contributed by atoms with Crippen LogP contribution >= 0.6 is 11.6 Å². The Kier molecular flexibility index (Phi) is 12.2. The summed E-state index contributed by atoms with van der Waals surface area (Å²) in [6.45, 7) is 9.92. The topological polar surface area (TPSA) is 116 Å². The molecule has 2 N–H and O–H groups in total. The molecule has 0 spiro atoms. The van der Waals surface area contributed by atoms with Gasteiger partial charge in [0, 0.05) is 85.3 Å². The number of amides is 2. The maximum Gasteiger partial charge on any atom is 0.314 e. The lowest BCUT2D eigenvalue weighted by atomic mass is 9.96. The summed E-state index contributed by atoms with van der Waals surface area (Å²) in [6, 6.07) is 11.6. The number of hydrogen-bond donors (Lipinski definition) is 2. The number of carbonyl (C=O) groups excluding carboxylic acids is 1. The third-order valence-electron chi connectivity index (χ3n) is 8.78. The quantitative estimate of drug-likeness (QED) is 0.290. The van der Waals surface area contributed by atoms with Gasteiger partial charge in [-0.1, -0.05) is 30.7 Å². The molecule has 0 aliphatic carbocycles. The van der Waals surface area contributed by atoms with E-state index < -0.39 is 10.8 Å². The number of urea groups is 1. The summed E-state index contributed by atoms with van der Waals surface area (Å²) in [6.07, 6.45) is 8.18. The summed E-state index contributed by atoms with van der Waals surface area (Å²) < 4.78 is 17.9. The van der Waals surface area contributed by atoms with E-state index in [1.54, 1.807) is 25.7 Å². The number of halogens is 1. The Morgan fingerprint density at radius 2 is 1.80 bits per heavy atom. The van der Waals surface area contributed by atoms with Crippen LogP contribution < -0.4 is 20.3 Å². The number of carbonyl (C=O) groups is 1. The number of piperazine rings is 1. The smallest absolute Gasteiger partial charge is 0.314 e. The van der Waals surface area contributed by atoms with Crippen LogP contribution in [0.3, 0.4) is 0 Å². The molecular weight excluding hydrogens is 624 g/mol. The minimum Gasteiger partial charge on any atom is -0.436 e. The van der Waals surface area contributed by atoms with Crippen LogP contribution in [0.4, 0.5) is 10.7 Å². The Morgan fingerprint density at radius 3 is 2.48 bits per heavy atom. The molecule has 1 aromatic carbocycles. The van der Waals surface area contributed by atoms with Crippen molar-refractivity contribution >= 4 is 34.4 Å². The zero-order chi connectivity index (χ0) is 32.5. The molecule has 5 rings (SSSR count). The van der Waals surface area contributed by atoms with Gasteiger partial charge in [0.2, 0.25) is 11.8 Å². The van der Waals surface area contributed by atoms with Crippen molar-refractivity contribution in [3.8, 4) is 22.9 Å². The van der Waals surface area contributed by atoms with Gasteiger partial charge in [-0.25, -0.2) is 19.7 Å². The highest BCUT2D eigenvalue weighted by molar-refractivity contribution is 7.84. The molecule has 3 aromatic rings. The summed E-state index contributed by atoms with van der Waals surface area (Å²) in [5.41, 5.74) is 2.80. The average molecular weight is 669 g/mol. The zero-order valence-electron chi connectivity index (χ0n) is 27.0. The number of piperidine rings is 1. The molecule has 2 aliphatic rings. The van der Waals surface area contributed by atoms with Crippen molar-refractivity contribution in [1.29, 1.82) is 0 Å². The van der Waals surface area contributed by atoms with E-state index >= 15 is 0 Å². The first-order valence-corrected chi connectivity index (χ1v) is 18.0. The number of ether oxygens (including phenoxy) is 1. The van der Waals surface area contributed by atoms with Gasteiger partial charge in [0.1, 0.15) is 0 Å². The number of anilines is 1. The Labute approximate surface area is 279 Å². The number of rotatable bonds is 12. The molecule has 2 unspecified atom stereocenters. The molecule has 2 aromatic heterocycles. The Morgan fingerprint density at radius 1 is 1.07 bits per heavy atom. The van der Waals surface area contributed by atoms with Crippen LogP contribution in [0.15, 0.2) is 48.8 Å². The van der Waals surface area contributed by atoms with E-state index in [-0.39, 0.29) is 11.3 Å². The van der Waals surface area contributed by atoms with Gasteiger partial charge in [-0.15, -0.1) is 0 Å². The second-order valence-corrected chi connectivity index (χ2v) is 14.4. The molecular formula is C33H45ClN8O3S. The van der Waals surface area contributed by atoms with E-state index in [9.17, 15) is 9.00 Å². The van der Waals surface area contributed by atoms with E-state index in [1.807, 2.05) is 30.3 Å². The third-order valence-corrected chi connectivity index (χ3v) is 10.4. The summed E-state index contributed by atoms with van der Waals surface area (Å²) in [4.78, 5) is 32.7. The van der Waals surface area contributed by atoms with Crippen molar-refractivity contribution in [3.05, 3.63) is 59.4 Å². The molecule has 248 valence electrons. The minimum absolute atomic E-state index is 0.132. The highest BCUT2D eigenvalue weighted by Crippen LogP contribution is 2.29. The van der Waals surface area contributed by atoms with Crippen LogP contribution in [0.1, 0.15) is 31.7 Å². The fourth-order valence-corrected chi connectivity index (χ4v) is 6.41. The standard InChI is InChI=1S/C33H45ClN8O3S/c1-24(46(3)44)7-10-40-13-15-42(16-14-40)32-36-21-29(22-37-32)45-31-18-26(17-30(39-31)27-5-4-6-28(34)19-27)23-41-11-8-25(9-12-41)20-38-33(43)35-2/h4-6,17-19,21-22,24-25H,7-16,20,23H2,1-3H3,(H2,35,38,43). The summed E-state index contributed by atoms with van der Waals surface area (Å²) in [5.74, 6) is 2.16. The first-order chi connectivity index (χ1) is 22.2. The largest absolute Gasteiger partial charge is 0.436 e. The van der Waals surface area contributed by atoms with Crippen LogP contribution in [-0.2, 0) is 17.3 Å². The lowest BCUT2D eigenvalue weighted by Crippen LogP contribution is -2.47. The molecule has 0 bridgehead atoms. The number of hydrogen-bond acceptors (Lipinski definition) is 9. The van der Waals surface area contributed by atoms with Gasteiger partial charge in [0.05, 0.1) is 18.1 Å². The number of likely N-dealkylation sites (tertiary alicyclic amines) is 1. The van der Waals surface area contributed by atoms with Crippen LogP contribution in [-0.4, -0.2) is 106 Å². The van der Waals surface area contributed by atoms with Crippen LogP contribution in [0.25, 0.3) is 11.3 Å². The second-order valence-electron chi connectivity index (χ2n) is 12.1. The number of benzene rings is 1. The number of nitrogens with zero attached hydrogens (tertiary/aromatic N) is 6. The molecule has 13 heteroatoms. The Bertz CT molecular complexity index is 1460. The highest BCUT2D eigenvalue weighted by atomic mass is 35.5. The first-order valence-electron chi connectivity index (χ1n) is 16.0. The first kappa shape index (κ1) is 34.0. The van der Waals surface area contributed by atoms with Gasteiger partial charge in [-0.3, -0.25) is 14.0 Å². The highest BCUT2D eigenvalue weighted by Gasteiger charge is 2.22. The fraction of sp³-hybridized carbons (Fsp3) is 0.515. The molecule has 11 nitrogen and oxygen atoms in total. The average Bonchev–Trinajstić information content (AvgIpc) is 3.07. The van der Waals surface area contributed by atoms with Gasteiger partial charge < -0.3 is 20.3 Å². The molecule has 2 aliphatic heterocycles. The minimum atomic E-state index is -0.781. The molecule has 2 fully saturated rings. The van der Waals surface area contributed by atoms with Crippen molar-refractivity contribution in [3.63, 3.8) is 0 Å². The molecule has 0 radical (unpaired) electrons. The Hall–Kier alpha value is -3.32. The normalized spacial score (nSPS) is 17.8. The van der Waals surface area contributed by atoms with E-state index in [1.165, 1.54) is 0 Å². The van der Waals surface area contributed by atoms with Gasteiger partial charge in [-0.05, 0) is 68.6 Å². The predicted molar refractivity (Wildman–Crippen MR) is 184 cm³/mol. The monoisotopic (exact) mass is 668 g/mol. The molecule has 46 heavy (non-hydrogen) atoms. The van der Waals surface area contributed by atoms with Crippen molar-refractivity contribution < 1.29 is 13.7 Å². The summed E-state index contributed by atoms with van der Waals surface area (Å²) >= 11 is 6.32. The van der Waals surface area contributed by atoms with Crippen molar-refractivity contribution in [2.75, 3.05) is 70.6 Å². The van der Waals surface area contributed by atoms with Crippen LogP contribution in [0.2, 0.25) is 5.02 Å². The predicted octanol–water partition coefficient (Wildman–Crippen LogP) is 4.40. The van der Waals surface area contributed by atoms with Gasteiger partial charge in [-0.2, -0.15) is 0 Å². The molecule has 2 atom stereocenters. The molecule has 0 saturated carbocycles. The summed E-state index contributed by atoms with van der Waals surface area (Å²) in [5, 5.41) is 6.41. The third kappa shape index (κ3) is 9.84. The van der Waals surface area contributed by atoms with Crippen LogP contribution in [0.5, 0.6) is 11.6 Å². The van der Waals surface area contributed by atoms with Crippen molar-refractivity contribution in [2.24, 2.45) is 5.92 Å². The number of pyridine rings is 1. The maximum atomic E-state index is 11.7. The second kappa shape index (κ2) is 16.5. The van der Waals surface area contributed by atoms with E-state index in [4.69, 9.17) is 21.3 Å². The van der Waals surface area contributed by atoms with Crippen LogP contribution in [0, 0.1) is 5.92 Å². The Balaban J connectivity index is 1.21. The van der Waals surface area contributed by atoms with Gasteiger partial charge in [0.15, 0.2) is 5.75 Å². The summed E-state index contributed by atoms with van der Waals surface area (Å²) in [7, 11) is 0.854. The van der Waals surface area contributed by atoms with Crippen molar-refractivity contribution in [1.82, 2.24) is 35.4 Å². The number of aromatic nitrogens is 3. The molecule has 4 heterocycles. The zero-order valence-corrected chi connectivity index (χ0v) is 28.5. The van der Waals surface area contributed by atoms with Gasteiger partial charge >= 0.3 is 6.03 Å². The molecule has 2 saturated heterocycles. The lowest BCUT2D eigenvalue weighted by Gasteiger charge is -2.35. The van der Waals surface area contributed by atoms with Gasteiger partial charge in [0.25, 0.3) is 0 Å². The fourth-order valence-electron chi connectivity index (χ4n) is 5.78. The van der Waals surface area contributed by atoms with E-state index in [0.717, 1.165) is 88.4 Å². The lowest BCUT2D eigenvalue weighted by molar-refractivity contribution is 0.175.